The van der Waals surface area contributed by atoms with Crippen LogP contribution in [0.4, 0.5) is 4.79 Å². The van der Waals surface area contributed by atoms with Gasteiger partial charge in [-0.15, -0.1) is 0 Å². The average molecular weight is 426 g/mol. The minimum absolute atomic E-state index is 0.0925. The van der Waals surface area contributed by atoms with Gasteiger partial charge in [0.15, 0.2) is 6.04 Å². The molecular formula is C23H26N2O6. The Morgan fingerprint density at radius 1 is 0.968 bits per heavy atom. The molecule has 0 spiro atoms. The van der Waals surface area contributed by atoms with E-state index < -0.39 is 30.1 Å². The van der Waals surface area contributed by atoms with Gasteiger partial charge >= 0.3 is 12.1 Å². The maximum absolute atomic E-state index is 12.4. The van der Waals surface area contributed by atoms with Crippen molar-refractivity contribution in [3.63, 3.8) is 0 Å². The van der Waals surface area contributed by atoms with E-state index >= 15 is 0 Å². The highest BCUT2D eigenvalue weighted by molar-refractivity contribution is 5.89. The Hall–Kier alpha value is -3.39. The quantitative estimate of drug-likeness (QED) is 0.568. The monoisotopic (exact) mass is 426 g/mol. The Kier molecular flexibility index (Phi) is 7.25. The van der Waals surface area contributed by atoms with Gasteiger partial charge in [-0.05, 0) is 28.7 Å². The lowest BCUT2D eigenvalue weighted by atomic mass is 9.98. The molecule has 0 bridgehead atoms. The molecule has 0 unspecified atom stereocenters. The van der Waals surface area contributed by atoms with Crippen LogP contribution in [0, 0.1) is 0 Å². The highest BCUT2D eigenvalue weighted by Gasteiger charge is 2.30. The van der Waals surface area contributed by atoms with E-state index in [9.17, 15) is 14.4 Å². The van der Waals surface area contributed by atoms with Gasteiger partial charge in [-0.2, -0.15) is 0 Å². The van der Waals surface area contributed by atoms with Gasteiger partial charge < -0.3 is 25.2 Å². The van der Waals surface area contributed by atoms with Crippen molar-refractivity contribution in [3.8, 4) is 11.1 Å². The summed E-state index contributed by atoms with van der Waals surface area (Å²) in [5.41, 5.74) is 4.42. The predicted molar refractivity (Wildman–Crippen MR) is 114 cm³/mol. The third-order valence-electron chi connectivity index (χ3n) is 5.31. The van der Waals surface area contributed by atoms with E-state index in [0.717, 1.165) is 22.3 Å². The van der Waals surface area contributed by atoms with Crippen LogP contribution in [0.1, 0.15) is 30.4 Å². The van der Waals surface area contributed by atoms with Crippen LogP contribution in [0.2, 0.25) is 0 Å². The molecular weight excluding hydrogens is 400 g/mol. The van der Waals surface area contributed by atoms with Crippen molar-refractivity contribution in [2.45, 2.75) is 31.3 Å². The molecule has 0 radical (unpaired) electrons. The summed E-state index contributed by atoms with van der Waals surface area (Å²) in [6.45, 7) is 1.65. The van der Waals surface area contributed by atoms with E-state index in [-0.39, 0.29) is 25.6 Å². The topological polar surface area (TPSA) is 114 Å². The van der Waals surface area contributed by atoms with Crippen LogP contribution in [0.25, 0.3) is 11.1 Å². The second-order valence-corrected chi connectivity index (χ2v) is 7.29. The second kappa shape index (κ2) is 10.1. The van der Waals surface area contributed by atoms with Crippen molar-refractivity contribution in [1.82, 2.24) is 10.6 Å². The largest absolute Gasteiger partial charge is 0.480 e. The fourth-order valence-electron chi connectivity index (χ4n) is 3.75. The van der Waals surface area contributed by atoms with Crippen LogP contribution in [-0.2, 0) is 19.1 Å². The standard InChI is InChI=1S/C23H26N2O6/c1-3-19(21(26)24-20(13-30-2)22(27)28)25-23(29)31-12-18-16-10-6-4-8-14(16)15-9-5-7-11-17(15)18/h4-11,18-20H,3,12-13H2,1-2H3,(H,24,26)(H,25,29)(H,27,28)/t19-,20-/m0/s1. The number of aliphatic carboxylic acids is 1. The molecule has 2 atom stereocenters. The van der Waals surface area contributed by atoms with Gasteiger partial charge in [0, 0.05) is 13.0 Å². The fraction of sp³-hybridized carbons (Fsp3) is 0.348. The van der Waals surface area contributed by atoms with Crippen molar-refractivity contribution in [3.05, 3.63) is 59.7 Å². The first-order chi connectivity index (χ1) is 15.0. The van der Waals surface area contributed by atoms with Gasteiger partial charge in [-0.1, -0.05) is 55.5 Å². The molecule has 0 fully saturated rings. The third kappa shape index (κ3) is 5.03. The Morgan fingerprint density at radius 2 is 1.55 bits per heavy atom. The molecule has 8 nitrogen and oxygen atoms in total. The minimum atomic E-state index is -1.22. The highest BCUT2D eigenvalue weighted by atomic mass is 16.5. The molecule has 2 amide bonds. The second-order valence-electron chi connectivity index (χ2n) is 7.29. The Bertz CT molecular complexity index is 915. The number of carbonyl (C=O) groups excluding carboxylic acids is 2. The van der Waals surface area contributed by atoms with Crippen molar-refractivity contribution in [1.29, 1.82) is 0 Å². The normalized spacial score (nSPS) is 14.1. The summed E-state index contributed by atoms with van der Waals surface area (Å²) < 4.78 is 10.3. The first-order valence-corrected chi connectivity index (χ1v) is 10.1. The zero-order chi connectivity index (χ0) is 22.4. The molecule has 0 aliphatic heterocycles. The van der Waals surface area contributed by atoms with Crippen molar-refractivity contribution < 1.29 is 29.0 Å². The lowest BCUT2D eigenvalue weighted by Gasteiger charge is -2.20. The molecule has 8 heteroatoms. The molecule has 0 saturated carbocycles. The molecule has 0 heterocycles. The summed E-state index contributed by atoms with van der Waals surface area (Å²) in [5, 5.41) is 14.0. The molecule has 3 N–H and O–H groups in total. The molecule has 0 saturated heterocycles. The molecule has 31 heavy (non-hydrogen) atoms. The van der Waals surface area contributed by atoms with E-state index in [1.165, 1.54) is 7.11 Å². The van der Waals surface area contributed by atoms with Crippen LogP contribution in [-0.4, -0.2) is 55.5 Å². The van der Waals surface area contributed by atoms with Crippen LogP contribution in [0.3, 0.4) is 0 Å². The molecule has 1 aliphatic carbocycles. The highest BCUT2D eigenvalue weighted by Crippen LogP contribution is 2.44. The number of fused-ring (bicyclic) bond motifs is 3. The third-order valence-corrected chi connectivity index (χ3v) is 5.31. The number of hydrogen-bond donors (Lipinski definition) is 3. The van der Waals surface area contributed by atoms with Crippen LogP contribution >= 0.6 is 0 Å². The first-order valence-electron chi connectivity index (χ1n) is 10.1. The fourth-order valence-corrected chi connectivity index (χ4v) is 3.75. The lowest BCUT2D eigenvalue weighted by molar-refractivity contribution is -0.143. The SMILES string of the molecule is CC[C@H](NC(=O)OCC1c2ccccc2-c2ccccc21)C(=O)N[C@@H](COC)C(=O)O. The summed E-state index contributed by atoms with van der Waals surface area (Å²) in [6.07, 6.45) is -0.461. The Labute approximate surface area is 180 Å². The average Bonchev–Trinajstić information content (AvgIpc) is 3.09. The van der Waals surface area contributed by atoms with Gasteiger partial charge in [0.25, 0.3) is 0 Å². The number of methoxy groups -OCH3 is 1. The van der Waals surface area contributed by atoms with Crippen molar-refractivity contribution >= 4 is 18.0 Å². The predicted octanol–water partition coefficient (Wildman–Crippen LogP) is 2.52. The zero-order valence-corrected chi connectivity index (χ0v) is 17.5. The number of carboxylic acid groups (broad SMARTS) is 1. The summed E-state index contributed by atoms with van der Waals surface area (Å²) in [6, 6.07) is 13.9. The first kappa shape index (κ1) is 22.3. The Balaban J connectivity index is 1.62. The van der Waals surface area contributed by atoms with Crippen LogP contribution in [0.15, 0.2) is 48.5 Å². The van der Waals surface area contributed by atoms with E-state index in [4.69, 9.17) is 14.6 Å². The van der Waals surface area contributed by atoms with Gasteiger partial charge in [0.2, 0.25) is 5.91 Å². The zero-order valence-electron chi connectivity index (χ0n) is 17.5. The number of benzene rings is 2. The number of hydrogen-bond acceptors (Lipinski definition) is 5. The molecule has 0 aromatic heterocycles. The van der Waals surface area contributed by atoms with Crippen LogP contribution < -0.4 is 10.6 Å². The van der Waals surface area contributed by atoms with E-state index in [1.807, 2.05) is 48.5 Å². The Morgan fingerprint density at radius 3 is 2.06 bits per heavy atom. The maximum Gasteiger partial charge on any atom is 0.407 e. The number of alkyl carbamates (subject to hydrolysis) is 1. The molecule has 2 aromatic carbocycles. The van der Waals surface area contributed by atoms with Gasteiger partial charge in [-0.3, -0.25) is 4.79 Å². The van der Waals surface area contributed by atoms with Gasteiger partial charge in [-0.25, -0.2) is 9.59 Å². The number of nitrogens with one attached hydrogen (secondary N) is 2. The molecule has 3 rings (SSSR count). The van der Waals surface area contributed by atoms with Gasteiger partial charge in [0.1, 0.15) is 12.6 Å². The molecule has 164 valence electrons. The smallest absolute Gasteiger partial charge is 0.407 e. The van der Waals surface area contributed by atoms with Gasteiger partial charge in [0.05, 0.1) is 6.61 Å². The number of carboxylic acids is 1. The molecule has 2 aromatic rings. The number of ether oxygens (including phenoxy) is 2. The van der Waals surface area contributed by atoms with E-state index in [1.54, 1.807) is 6.92 Å². The minimum Gasteiger partial charge on any atom is -0.480 e. The number of amides is 2. The van der Waals surface area contributed by atoms with Crippen LogP contribution in [0.5, 0.6) is 0 Å². The summed E-state index contributed by atoms with van der Waals surface area (Å²) in [5.74, 6) is -1.92. The van der Waals surface area contributed by atoms with Crippen molar-refractivity contribution in [2.75, 3.05) is 20.3 Å². The summed E-state index contributed by atoms with van der Waals surface area (Å²) in [7, 11) is 1.34. The number of carbonyl (C=O) groups is 3. The van der Waals surface area contributed by atoms with Crippen molar-refractivity contribution in [2.24, 2.45) is 0 Å². The lowest BCUT2D eigenvalue weighted by Crippen LogP contribution is -2.52. The van der Waals surface area contributed by atoms with E-state index in [0.29, 0.717) is 0 Å². The maximum atomic E-state index is 12.4. The summed E-state index contributed by atoms with van der Waals surface area (Å²) in [4.78, 5) is 36.0. The number of rotatable bonds is 9. The van der Waals surface area contributed by atoms with E-state index in [2.05, 4.69) is 10.6 Å². The molecule has 1 aliphatic rings. The summed E-state index contributed by atoms with van der Waals surface area (Å²) >= 11 is 0.